The Morgan fingerprint density at radius 1 is 0.971 bits per heavy atom. The molecular weight excluding hydrogens is 438 g/mol. The van der Waals surface area contributed by atoms with E-state index < -0.39 is 12.0 Å². The van der Waals surface area contributed by atoms with Crippen LogP contribution in [0.15, 0.2) is 48.5 Å². The van der Waals surface area contributed by atoms with Crippen LogP contribution < -0.4 is 0 Å². The Hall–Kier alpha value is -2.95. The van der Waals surface area contributed by atoms with Gasteiger partial charge in [-0.25, -0.2) is 4.79 Å². The predicted molar refractivity (Wildman–Crippen MR) is 136 cm³/mol. The van der Waals surface area contributed by atoms with Crippen molar-refractivity contribution < 1.29 is 19.5 Å². The Morgan fingerprint density at radius 2 is 1.66 bits per heavy atom. The Kier molecular flexibility index (Phi) is 7.73. The molecule has 2 aliphatic rings. The van der Waals surface area contributed by atoms with E-state index in [0.717, 1.165) is 48.8 Å². The number of likely N-dealkylation sites (tertiary alicyclic amines) is 1. The van der Waals surface area contributed by atoms with E-state index in [4.69, 9.17) is 0 Å². The average molecular weight is 476 g/mol. The van der Waals surface area contributed by atoms with Gasteiger partial charge in [0.25, 0.3) is 0 Å². The third-order valence-electron chi connectivity index (χ3n) is 8.26. The summed E-state index contributed by atoms with van der Waals surface area (Å²) in [6.45, 7) is 6.97. The van der Waals surface area contributed by atoms with Crippen LogP contribution in [0.3, 0.4) is 0 Å². The molecule has 4 rings (SSSR count). The summed E-state index contributed by atoms with van der Waals surface area (Å²) >= 11 is 0. The molecule has 1 saturated carbocycles. The molecule has 1 N–H and O–H groups in total. The van der Waals surface area contributed by atoms with Gasteiger partial charge in [-0.1, -0.05) is 50.2 Å². The van der Waals surface area contributed by atoms with Crippen LogP contribution in [0.2, 0.25) is 0 Å². The minimum Gasteiger partial charge on any atom is -0.478 e. The summed E-state index contributed by atoms with van der Waals surface area (Å²) in [4.78, 5) is 40.7. The molecule has 5 nitrogen and oxygen atoms in total. The van der Waals surface area contributed by atoms with Gasteiger partial charge in [-0.3, -0.25) is 9.59 Å². The fraction of sp³-hybridized carbons (Fsp3) is 0.500. The summed E-state index contributed by atoms with van der Waals surface area (Å²) in [6.07, 6.45) is 4.96. The van der Waals surface area contributed by atoms with Crippen LogP contribution in [0.5, 0.6) is 0 Å². The molecular formula is C30H37NO4. The molecule has 2 fully saturated rings. The Labute approximate surface area is 208 Å². The molecule has 0 aromatic heterocycles. The van der Waals surface area contributed by atoms with Crippen molar-refractivity contribution in [3.8, 4) is 0 Å². The first-order chi connectivity index (χ1) is 16.8. The number of ketones is 1. The summed E-state index contributed by atoms with van der Waals surface area (Å²) in [5, 5.41) is 9.27. The number of benzene rings is 2. The molecule has 1 heterocycles. The van der Waals surface area contributed by atoms with Crippen LogP contribution in [0.4, 0.5) is 0 Å². The molecule has 2 atom stereocenters. The lowest BCUT2D eigenvalue weighted by atomic mass is 9.76. The van der Waals surface area contributed by atoms with Crippen LogP contribution >= 0.6 is 0 Å². The zero-order valence-electron chi connectivity index (χ0n) is 21.1. The molecule has 1 aliphatic carbocycles. The molecule has 0 unspecified atom stereocenters. The zero-order chi connectivity index (χ0) is 25.1. The van der Waals surface area contributed by atoms with Gasteiger partial charge in [-0.05, 0) is 79.7 Å². The Morgan fingerprint density at radius 3 is 2.26 bits per heavy atom. The lowest BCUT2D eigenvalue weighted by Gasteiger charge is -2.35. The highest BCUT2D eigenvalue weighted by Gasteiger charge is 2.44. The van der Waals surface area contributed by atoms with Crippen molar-refractivity contribution in [1.29, 1.82) is 0 Å². The molecule has 1 amide bonds. The molecule has 1 aliphatic heterocycles. The number of aryl methyl sites for hydroxylation is 1. The molecule has 2 aromatic rings. The van der Waals surface area contributed by atoms with E-state index in [0.29, 0.717) is 18.4 Å². The second-order valence-corrected chi connectivity index (χ2v) is 10.7. The SMILES string of the molecule is Cc1cc(C(=O)O)ccc1CC(=O)[C@@H]1[C@H](c2ccccc2)CCN1C(=O)C1CCC(C(C)C)CC1. The van der Waals surface area contributed by atoms with E-state index in [-0.39, 0.29) is 35.5 Å². The Bertz CT molecular complexity index is 1070. The number of carbonyl (C=O) groups excluding carboxylic acids is 2. The maximum atomic E-state index is 13.8. The number of aromatic carboxylic acids is 1. The van der Waals surface area contributed by atoms with Gasteiger partial charge in [-0.15, -0.1) is 0 Å². The number of carbonyl (C=O) groups is 3. The summed E-state index contributed by atoms with van der Waals surface area (Å²) in [7, 11) is 0. The first-order valence-electron chi connectivity index (χ1n) is 13.0. The molecule has 2 aromatic carbocycles. The normalized spacial score (nSPS) is 24.5. The highest BCUT2D eigenvalue weighted by molar-refractivity contribution is 5.93. The number of amides is 1. The first-order valence-corrected chi connectivity index (χ1v) is 13.0. The predicted octanol–water partition coefficient (Wildman–Crippen LogP) is 5.65. The number of nitrogens with zero attached hydrogens (tertiary/aromatic N) is 1. The lowest BCUT2D eigenvalue weighted by Crippen LogP contribution is -2.46. The van der Waals surface area contributed by atoms with E-state index in [1.54, 1.807) is 18.2 Å². The van der Waals surface area contributed by atoms with Gasteiger partial charge in [0, 0.05) is 24.8 Å². The van der Waals surface area contributed by atoms with Crippen LogP contribution in [0.1, 0.15) is 78.9 Å². The second kappa shape index (κ2) is 10.8. The number of hydrogen-bond donors (Lipinski definition) is 1. The number of carboxylic acid groups (broad SMARTS) is 1. The van der Waals surface area contributed by atoms with E-state index in [1.807, 2.05) is 30.0 Å². The topological polar surface area (TPSA) is 74.7 Å². The third kappa shape index (κ3) is 5.50. The number of carboxylic acids is 1. The van der Waals surface area contributed by atoms with Crippen molar-refractivity contribution in [3.63, 3.8) is 0 Å². The average Bonchev–Trinajstić information content (AvgIpc) is 3.30. The molecule has 0 radical (unpaired) electrons. The molecule has 5 heteroatoms. The Balaban J connectivity index is 1.57. The molecule has 1 saturated heterocycles. The third-order valence-corrected chi connectivity index (χ3v) is 8.26. The standard InChI is InChI=1S/C30H37NO4/c1-19(2)21-9-11-23(12-10-21)29(33)31-16-15-26(22-7-5-4-6-8-22)28(31)27(32)18-24-13-14-25(30(34)35)17-20(24)3/h4-8,13-14,17,19,21,23,26,28H,9-12,15-16,18H2,1-3H3,(H,34,35)/t21?,23?,26-,28-/m0/s1. The summed E-state index contributed by atoms with van der Waals surface area (Å²) < 4.78 is 0. The first kappa shape index (κ1) is 25.2. The van der Waals surface area contributed by atoms with Crippen LogP contribution in [0.25, 0.3) is 0 Å². The summed E-state index contributed by atoms with van der Waals surface area (Å²) in [5.74, 6) is 0.516. The highest BCUT2D eigenvalue weighted by atomic mass is 16.4. The van der Waals surface area contributed by atoms with Gasteiger partial charge in [0.15, 0.2) is 5.78 Å². The van der Waals surface area contributed by atoms with Crippen molar-refractivity contribution in [3.05, 3.63) is 70.8 Å². The van der Waals surface area contributed by atoms with Crippen molar-refractivity contribution in [1.82, 2.24) is 4.90 Å². The largest absolute Gasteiger partial charge is 0.478 e. The van der Waals surface area contributed by atoms with E-state index >= 15 is 0 Å². The zero-order valence-corrected chi connectivity index (χ0v) is 21.1. The second-order valence-electron chi connectivity index (χ2n) is 10.7. The van der Waals surface area contributed by atoms with E-state index in [1.165, 1.54) is 0 Å². The summed E-state index contributed by atoms with van der Waals surface area (Å²) in [5.41, 5.74) is 2.93. The van der Waals surface area contributed by atoms with Gasteiger partial charge in [0.05, 0.1) is 11.6 Å². The van der Waals surface area contributed by atoms with Crippen molar-refractivity contribution in [2.45, 2.75) is 71.3 Å². The fourth-order valence-corrected chi connectivity index (χ4v) is 6.07. The minimum atomic E-state index is -0.977. The quantitative estimate of drug-likeness (QED) is 0.561. The van der Waals surface area contributed by atoms with Crippen molar-refractivity contribution >= 4 is 17.7 Å². The lowest BCUT2D eigenvalue weighted by molar-refractivity contribution is -0.142. The summed E-state index contributed by atoms with van der Waals surface area (Å²) in [6, 6.07) is 14.5. The van der Waals surface area contributed by atoms with E-state index in [2.05, 4.69) is 26.0 Å². The number of hydrogen-bond acceptors (Lipinski definition) is 3. The van der Waals surface area contributed by atoms with Gasteiger partial charge >= 0.3 is 5.97 Å². The van der Waals surface area contributed by atoms with Crippen LogP contribution in [0, 0.1) is 24.7 Å². The van der Waals surface area contributed by atoms with Crippen molar-refractivity contribution in [2.75, 3.05) is 6.54 Å². The van der Waals surface area contributed by atoms with Gasteiger partial charge in [-0.2, -0.15) is 0 Å². The van der Waals surface area contributed by atoms with Gasteiger partial charge in [0.2, 0.25) is 5.91 Å². The monoisotopic (exact) mass is 475 g/mol. The molecule has 186 valence electrons. The van der Waals surface area contributed by atoms with Crippen LogP contribution in [-0.2, 0) is 16.0 Å². The molecule has 0 spiro atoms. The van der Waals surface area contributed by atoms with Crippen LogP contribution in [-0.4, -0.2) is 40.3 Å². The number of Topliss-reactive ketones (excluding diaryl/α,β-unsaturated/α-hetero) is 1. The van der Waals surface area contributed by atoms with Gasteiger partial charge in [0.1, 0.15) is 0 Å². The van der Waals surface area contributed by atoms with Crippen molar-refractivity contribution in [2.24, 2.45) is 17.8 Å². The molecule has 35 heavy (non-hydrogen) atoms. The van der Waals surface area contributed by atoms with Gasteiger partial charge < -0.3 is 10.0 Å². The molecule has 0 bridgehead atoms. The maximum absolute atomic E-state index is 13.8. The highest BCUT2D eigenvalue weighted by Crippen LogP contribution is 2.39. The fourth-order valence-electron chi connectivity index (χ4n) is 6.07. The van der Waals surface area contributed by atoms with E-state index in [9.17, 15) is 19.5 Å². The smallest absolute Gasteiger partial charge is 0.335 e. The maximum Gasteiger partial charge on any atom is 0.335 e. The minimum absolute atomic E-state index is 0.00593. The number of rotatable bonds is 7.